The van der Waals surface area contributed by atoms with Crippen LogP contribution in [0.3, 0.4) is 0 Å². The zero-order valence-corrected chi connectivity index (χ0v) is 19.3. The molecule has 1 heterocycles. The lowest BCUT2D eigenvalue weighted by Crippen LogP contribution is -2.24. The quantitative estimate of drug-likeness (QED) is 0.444. The highest BCUT2D eigenvalue weighted by molar-refractivity contribution is 9.10. The number of carbonyl (C=O) groups is 2. The summed E-state index contributed by atoms with van der Waals surface area (Å²) in [5.74, 6) is 0.458. The lowest BCUT2D eigenvalue weighted by atomic mass is 10.2. The summed E-state index contributed by atoms with van der Waals surface area (Å²) in [7, 11) is 1.80. The molecule has 7 nitrogen and oxygen atoms in total. The number of hydrogen-bond acceptors (Lipinski definition) is 5. The highest BCUT2D eigenvalue weighted by Gasteiger charge is 2.14. The SMILES string of the molecule is Cn1c(CNC(=O)c2ccccc2Br)nnc1SCC(=O)Nc1ccc(Br)cc1. The van der Waals surface area contributed by atoms with E-state index in [2.05, 4.69) is 52.7 Å². The van der Waals surface area contributed by atoms with Crippen LogP contribution < -0.4 is 10.6 Å². The summed E-state index contributed by atoms with van der Waals surface area (Å²) in [4.78, 5) is 24.4. The summed E-state index contributed by atoms with van der Waals surface area (Å²) < 4.78 is 3.43. The van der Waals surface area contributed by atoms with E-state index in [1.165, 1.54) is 11.8 Å². The van der Waals surface area contributed by atoms with Crippen LogP contribution in [0, 0.1) is 0 Å². The molecule has 0 unspecified atom stereocenters. The molecule has 0 aliphatic heterocycles. The van der Waals surface area contributed by atoms with E-state index in [9.17, 15) is 9.59 Å². The number of rotatable bonds is 7. The zero-order valence-electron chi connectivity index (χ0n) is 15.4. The first-order chi connectivity index (χ1) is 13.9. The number of amides is 2. The van der Waals surface area contributed by atoms with E-state index >= 15 is 0 Å². The molecule has 0 saturated carbocycles. The average Bonchev–Trinajstić information content (AvgIpc) is 3.06. The van der Waals surface area contributed by atoms with E-state index in [0.29, 0.717) is 16.5 Å². The van der Waals surface area contributed by atoms with Gasteiger partial charge in [0.15, 0.2) is 11.0 Å². The molecule has 0 spiro atoms. The van der Waals surface area contributed by atoms with Crippen LogP contribution in [0.15, 0.2) is 62.6 Å². The summed E-state index contributed by atoms with van der Waals surface area (Å²) >= 11 is 8.00. The molecular formula is C19H17Br2N5O2S. The van der Waals surface area contributed by atoms with Crippen molar-refractivity contribution in [3.63, 3.8) is 0 Å². The molecule has 0 saturated heterocycles. The largest absolute Gasteiger partial charge is 0.345 e. The predicted molar refractivity (Wildman–Crippen MR) is 120 cm³/mol. The Morgan fingerprint density at radius 1 is 1.07 bits per heavy atom. The maximum Gasteiger partial charge on any atom is 0.252 e. The lowest BCUT2D eigenvalue weighted by Gasteiger charge is -2.07. The fourth-order valence-electron chi connectivity index (χ4n) is 2.38. The molecule has 29 heavy (non-hydrogen) atoms. The number of anilines is 1. The molecule has 10 heteroatoms. The maximum atomic E-state index is 12.3. The molecule has 0 aliphatic carbocycles. The van der Waals surface area contributed by atoms with Gasteiger partial charge in [-0.15, -0.1) is 10.2 Å². The number of thioether (sulfide) groups is 1. The summed E-state index contributed by atoms with van der Waals surface area (Å²) in [5.41, 5.74) is 1.28. The molecule has 150 valence electrons. The summed E-state index contributed by atoms with van der Waals surface area (Å²) in [6.07, 6.45) is 0. The fraction of sp³-hybridized carbons (Fsp3) is 0.158. The maximum absolute atomic E-state index is 12.3. The second-order valence-electron chi connectivity index (χ2n) is 5.96. The first-order valence-electron chi connectivity index (χ1n) is 8.53. The van der Waals surface area contributed by atoms with Crippen molar-refractivity contribution in [2.45, 2.75) is 11.7 Å². The minimum atomic E-state index is -0.205. The highest BCUT2D eigenvalue weighted by atomic mass is 79.9. The van der Waals surface area contributed by atoms with Gasteiger partial charge in [0.2, 0.25) is 5.91 Å². The molecule has 2 N–H and O–H groups in total. The zero-order chi connectivity index (χ0) is 20.8. The Labute approximate surface area is 188 Å². The molecule has 2 amide bonds. The minimum Gasteiger partial charge on any atom is -0.345 e. The molecule has 0 aliphatic rings. The van der Waals surface area contributed by atoms with Gasteiger partial charge in [-0.1, -0.05) is 39.8 Å². The van der Waals surface area contributed by atoms with Gasteiger partial charge < -0.3 is 15.2 Å². The Hall–Kier alpha value is -2.17. The second kappa shape index (κ2) is 10.0. The van der Waals surface area contributed by atoms with Crippen molar-refractivity contribution >= 4 is 61.1 Å². The van der Waals surface area contributed by atoms with Gasteiger partial charge in [0.1, 0.15) is 0 Å². The third-order valence-corrected chi connectivity index (χ3v) is 6.15. The number of halogens is 2. The predicted octanol–water partition coefficient (Wildman–Crippen LogP) is 4.00. The number of nitrogens with zero attached hydrogens (tertiary/aromatic N) is 3. The monoisotopic (exact) mass is 537 g/mol. The van der Waals surface area contributed by atoms with Crippen molar-refractivity contribution in [2.24, 2.45) is 7.05 Å². The number of aromatic nitrogens is 3. The number of nitrogens with one attached hydrogen (secondary N) is 2. The Morgan fingerprint density at radius 3 is 2.52 bits per heavy atom. The summed E-state index contributed by atoms with van der Waals surface area (Å²) in [6.45, 7) is 0.231. The van der Waals surface area contributed by atoms with Crippen LogP contribution in [0.25, 0.3) is 0 Å². The van der Waals surface area contributed by atoms with E-state index < -0.39 is 0 Å². The van der Waals surface area contributed by atoms with Gasteiger partial charge in [0.25, 0.3) is 5.91 Å². The van der Waals surface area contributed by atoms with Gasteiger partial charge in [-0.3, -0.25) is 9.59 Å². The first kappa shape index (κ1) is 21.5. The summed E-state index contributed by atoms with van der Waals surface area (Å²) in [5, 5.41) is 14.5. The number of carbonyl (C=O) groups excluding carboxylic acids is 2. The Morgan fingerprint density at radius 2 is 1.79 bits per heavy atom. The smallest absolute Gasteiger partial charge is 0.252 e. The standard InChI is InChI=1S/C19H17Br2N5O2S/c1-26-16(10-22-18(28)14-4-2-3-5-15(14)21)24-25-19(26)29-11-17(27)23-13-8-6-12(20)7-9-13/h2-9H,10-11H2,1H3,(H,22,28)(H,23,27). The van der Waals surface area contributed by atoms with Crippen molar-refractivity contribution in [2.75, 3.05) is 11.1 Å². The van der Waals surface area contributed by atoms with Crippen molar-refractivity contribution in [1.29, 1.82) is 0 Å². The van der Waals surface area contributed by atoms with Crippen molar-refractivity contribution in [3.05, 3.63) is 68.9 Å². The van der Waals surface area contributed by atoms with E-state index in [1.54, 1.807) is 23.7 Å². The Balaban J connectivity index is 1.52. The van der Waals surface area contributed by atoms with Crippen LogP contribution in [-0.2, 0) is 18.4 Å². The molecule has 0 fully saturated rings. The van der Waals surface area contributed by atoms with Gasteiger partial charge in [-0.2, -0.15) is 0 Å². The van der Waals surface area contributed by atoms with E-state index in [4.69, 9.17) is 0 Å². The molecular weight excluding hydrogens is 522 g/mol. The Kier molecular flexibility index (Phi) is 7.45. The van der Waals surface area contributed by atoms with E-state index in [-0.39, 0.29) is 24.1 Å². The second-order valence-corrected chi connectivity index (χ2v) is 8.68. The number of hydrogen-bond donors (Lipinski definition) is 2. The van der Waals surface area contributed by atoms with Crippen LogP contribution in [0.4, 0.5) is 5.69 Å². The molecule has 1 aromatic heterocycles. The van der Waals surface area contributed by atoms with Crippen LogP contribution in [0.2, 0.25) is 0 Å². The van der Waals surface area contributed by atoms with E-state index in [1.807, 2.05) is 36.4 Å². The van der Waals surface area contributed by atoms with Gasteiger partial charge in [-0.25, -0.2) is 0 Å². The molecule has 2 aromatic carbocycles. The molecule has 0 atom stereocenters. The van der Waals surface area contributed by atoms with Crippen LogP contribution in [0.1, 0.15) is 16.2 Å². The van der Waals surface area contributed by atoms with Gasteiger partial charge in [-0.05, 0) is 52.3 Å². The number of benzene rings is 2. The van der Waals surface area contributed by atoms with Gasteiger partial charge in [0, 0.05) is 21.7 Å². The van der Waals surface area contributed by atoms with Gasteiger partial charge >= 0.3 is 0 Å². The molecule has 3 aromatic rings. The molecule has 0 radical (unpaired) electrons. The summed E-state index contributed by atoms with van der Waals surface area (Å²) in [6, 6.07) is 14.6. The first-order valence-corrected chi connectivity index (χ1v) is 11.1. The fourth-order valence-corrected chi connectivity index (χ4v) is 3.84. The van der Waals surface area contributed by atoms with Crippen molar-refractivity contribution in [3.8, 4) is 0 Å². The van der Waals surface area contributed by atoms with Crippen molar-refractivity contribution in [1.82, 2.24) is 20.1 Å². The highest BCUT2D eigenvalue weighted by Crippen LogP contribution is 2.18. The average molecular weight is 539 g/mol. The van der Waals surface area contributed by atoms with Crippen LogP contribution in [-0.4, -0.2) is 32.3 Å². The van der Waals surface area contributed by atoms with Crippen LogP contribution in [0.5, 0.6) is 0 Å². The third-order valence-electron chi connectivity index (χ3n) is 3.91. The van der Waals surface area contributed by atoms with Gasteiger partial charge in [0.05, 0.1) is 17.9 Å². The van der Waals surface area contributed by atoms with Crippen molar-refractivity contribution < 1.29 is 9.59 Å². The van der Waals surface area contributed by atoms with Crippen LogP contribution >= 0.6 is 43.6 Å². The molecule has 3 rings (SSSR count). The topological polar surface area (TPSA) is 88.9 Å². The normalized spacial score (nSPS) is 10.6. The van der Waals surface area contributed by atoms with E-state index in [0.717, 1.165) is 14.6 Å². The lowest BCUT2D eigenvalue weighted by molar-refractivity contribution is -0.113. The third kappa shape index (κ3) is 5.91. The minimum absolute atomic E-state index is 0.135. The molecule has 0 bridgehead atoms. The Bertz CT molecular complexity index is 1020.